The Morgan fingerprint density at radius 2 is 1.95 bits per heavy atom. The van der Waals surface area contributed by atoms with E-state index in [9.17, 15) is 4.39 Å². The second-order valence-electron chi connectivity index (χ2n) is 5.92. The summed E-state index contributed by atoms with van der Waals surface area (Å²) in [5.41, 5.74) is 7.91. The molecular weight excluding hydrogens is 239 g/mol. The van der Waals surface area contributed by atoms with Gasteiger partial charge in [-0.3, -0.25) is 0 Å². The highest BCUT2D eigenvalue weighted by molar-refractivity contribution is 5.55. The molecule has 0 radical (unpaired) electrons. The van der Waals surface area contributed by atoms with Gasteiger partial charge in [0.1, 0.15) is 5.82 Å². The number of benzene rings is 1. The number of nitrogens with zero attached hydrogens (tertiary/aromatic N) is 1. The van der Waals surface area contributed by atoms with Gasteiger partial charge in [-0.25, -0.2) is 4.39 Å². The monoisotopic (exact) mass is 262 g/mol. The van der Waals surface area contributed by atoms with Crippen molar-refractivity contribution in [2.75, 3.05) is 11.4 Å². The summed E-state index contributed by atoms with van der Waals surface area (Å²) >= 11 is 0. The van der Waals surface area contributed by atoms with Crippen LogP contribution in [0.3, 0.4) is 0 Å². The Labute approximate surface area is 114 Å². The van der Waals surface area contributed by atoms with Gasteiger partial charge in [-0.05, 0) is 55.4 Å². The van der Waals surface area contributed by atoms with Crippen LogP contribution in [0.1, 0.15) is 44.1 Å². The Kier molecular flexibility index (Phi) is 3.74. The van der Waals surface area contributed by atoms with Crippen molar-refractivity contribution in [2.45, 2.75) is 51.1 Å². The van der Waals surface area contributed by atoms with Crippen molar-refractivity contribution < 1.29 is 4.39 Å². The average molecular weight is 262 g/mol. The summed E-state index contributed by atoms with van der Waals surface area (Å²) in [7, 11) is 0. The lowest BCUT2D eigenvalue weighted by molar-refractivity contribution is 0.430. The lowest BCUT2D eigenvalue weighted by Crippen LogP contribution is -2.35. The SMILES string of the molecule is NCc1cc(F)ccc1N1CCCC1C1CCCC1. The van der Waals surface area contributed by atoms with E-state index in [1.165, 1.54) is 44.2 Å². The smallest absolute Gasteiger partial charge is 0.123 e. The molecule has 0 bridgehead atoms. The molecule has 2 aliphatic rings. The van der Waals surface area contributed by atoms with Gasteiger partial charge in [0, 0.05) is 24.8 Å². The molecule has 3 heteroatoms. The van der Waals surface area contributed by atoms with E-state index in [4.69, 9.17) is 5.73 Å². The first-order valence-corrected chi connectivity index (χ1v) is 7.54. The topological polar surface area (TPSA) is 29.3 Å². The fraction of sp³-hybridized carbons (Fsp3) is 0.625. The Bertz CT molecular complexity index is 440. The molecule has 3 rings (SSSR count). The fourth-order valence-corrected chi connectivity index (χ4v) is 3.92. The van der Waals surface area contributed by atoms with Crippen LogP contribution in [0.25, 0.3) is 0 Å². The van der Waals surface area contributed by atoms with Gasteiger partial charge in [0.05, 0.1) is 0 Å². The molecule has 19 heavy (non-hydrogen) atoms. The van der Waals surface area contributed by atoms with Gasteiger partial charge < -0.3 is 10.6 Å². The first kappa shape index (κ1) is 12.9. The summed E-state index contributed by atoms with van der Waals surface area (Å²) < 4.78 is 13.3. The van der Waals surface area contributed by atoms with Crippen molar-refractivity contribution in [3.8, 4) is 0 Å². The van der Waals surface area contributed by atoms with Crippen LogP contribution >= 0.6 is 0 Å². The predicted octanol–water partition coefficient (Wildman–Crippen LogP) is 3.44. The van der Waals surface area contributed by atoms with Crippen LogP contribution in [0.2, 0.25) is 0 Å². The predicted molar refractivity (Wildman–Crippen MR) is 76.6 cm³/mol. The van der Waals surface area contributed by atoms with Crippen molar-refractivity contribution >= 4 is 5.69 Å². The van der Waals surface area contributed by atoms with Crippen molar-refractivity contribution in [3.05, 3.63) is 29.6 Å². The van der Waals surface area contributed by atoms with Crippen LogP contribution in [0.5, 0.6) is 0 Å². The summed E-state index contributed by atoms with van der Waals surface area (Å²) in [5.74, 6) is 0.652. The molecule has 2 fully saturated rings. The lowest BCUT2D eigenvalue weighted by atomic mass is 9.95. The van der Waals surface area contributed by atoms with Crippen LogP contribution < -0.4 is 10.6 Å². The molecule has 1 heterocycles. The number of hydrogen-bond acceptors (Lipinski definition) is 2. The molecule has 1 aromatic carbocycles. The molecule has 1 atom stereocenters. The van der Waals surface area contributed by atoms with Crippen LogP contribution in [0.15, 0.2) is 18.2 Å². The van der Waals surface area contributed by atoms with Crippen molar-refractivity contribution in [3.63, 3.8) is 0 Å². The number of nitrogens with two attached hydrogens (primary N) is 1. The minimum absolute atomic E-state index is 0.180. The molecule has 1 aliphatic heterocycles. The number of rotatable bonds is 3. The molecule has 0 spiro atoms. The standard InChI is InChI=1S/C16H23FN2/c17-14-7-8-16(13(10-14)11-18)19-9-3-6-15(19)12-4-1-2-5-12/h7-8,10,12,15H,1-6,9,11,18H2. The second kappa shape index (κ2) is 5.49. The van der Waals surface area contributed by atoms with E-state index in [1.54, 1.807) is 12.1 Å². The maximum absolute atomic E-state index is 13.3. The van der Waals surface area contributed by atoms with Crippen molar-refractivity contribution in [2.24, 2.45) is 11.7 Å². The molecule has 2 nitrogen and oxygen atoms in total. The Morgan fingerprint density at radius 1 is 1.16 bits per heavy atom. The third kappa shape index (κ3) is 2.48. The quantitative estimate of drug-likeness (QED) is 0.904. The number of anilines is 1. The van der Waals surface area contributed by atoms with E-state index in [1.807, 2.05) is 6.07 Å². The van der Waals surface area contributed by atoms with Gasteiger partial charge in [-0.1, -0.05) is 12.8 Å². The van der Waals surface area contributed by atoms with Gasteiger partial charge in [0.25, 0.3) is 0 Å². The molecule has 1 unspecified atom stereocenters. The maximum Gasteiger partial charge on any atom is 0.123 e. The van der Waals surface area contributed by atoms with Gasteiger partial charge in [-0.2, -0.15) is 0 Å². The van der Waals surface area contributed by atoms with E-state index in [-0.39, 0.29) is 5.82 Å². The van der Waals surface area contributed by atoms with Gasteiger partial charge in [-0.15, -0.1) is 0 Å². The normalized spacial score (nSPS) is 24.3. The molecule has 1 saturated heterocycles. The first-order valence-electron chi connectivity index (χ1n) is 7.54. The largest absolute Gasteiger partial charge is 0.368 e. The highest BCUT2D eigenvalue weighted by Gasteiger charge is 2.34. The second-order valence-corrected chi connectivity index (χ2v) is 5.92. The summed E-state index contributed by atoms with van der Waals surface area (Å²) in [5, 5.41) is 0. The Balaban J connectivity index is 1.87. The summed E-state index contributed by atoms with van der Waals surface area (Å²) in [6.07, 6.45) is 8.01. The van der Waals surface area contributed by atoms with Crippen LogP contribution in [0.4, 0.5) is 10.1 Å². The van der Waals surface area contributed by atoms with E-state index in [0.717, 1.165) is 18.0 Å². The fourth-order valence-electron chi connectivity index (χ4n) is 3.92. The van der Waals surface area contributed by atoms with E-state index in [0.29, 0.717) is 12.6 Å². The third-order valence-electron chi connectivity index (χ3n) is 4.81. The van der Waals surface area contributed by atoms with Crippen LogP contribution in [-0.2, 0) is 6.54 Å². The molecule has 104 valence electrons. The van der Waals surface area contributed by atoms with Crippen LogP contribution in [0, 0.1) is 11.7 Å². The highest BCUT2D eigenvalue weighted by Crippen LogP contribution is 2.38. The van der Waals surface area contributed by atoms with E-state index < -0.39 is 0 Å². The van der Waals surface area contributed by atoms with Crippen molar-refractivity contribution in [1.82, 2.24) is 0 Å². The first-order chi connectivity index (χ1) is 9.29. The van der Waals surface area contributed by atoms with Crippen molar-refractivity contribution in [1.29, 1.82) is 0 Å². The molecule has 0 amide bonds. The van der Waals surface area contributed by atoms with E-state index >= 15 is 0 Å². The molecule has 0 aromatic heterocycles. The maximum atomic E-state index is 13.3. The number of halogens is 1. The third-order valence-corrected chi connectivity index (χ3v) is 4.81. The molecule has 1 aromatic rings. The summed E-state index contributed by atoms with van der Waals surface area (Å²) in [6, 6.07) is 5.74. The zero-order valence-electron chi connectivity index (χ0n) is 11.4. The zero-order chi connectivity index (χ0) is 13.2. The lowest BCUT2D eigenvalue weighted by Gasteiger charge is -2.32. The summed E-state index contributed by atoms with van der Waals surface area (Å²) in [4.78, 5) is 2.50. The molecular formula is C16H23FN2. The van der Waals surface area contributed by atoms with Crippen LogP contribution in [-0.4, -0.2) is 12.6 Å². The number of hydrogen-bond donors (Lipinski definition) is 1. The molecule has 2 N–H and O–H groups in total. The molecule has 1 saturated carbocycles. The Hall–Kier alpha value is -1.09. The average Bonchev–Trinajstić information content (AvgIpc) is 3.08. The molecule has 1 aliphatic carbocycles. The van der Waals surface area contributed by atoms with Gasteiger partial charge >= 0.3 is 0 Å². The van der Waals surface area contributed by atoms with Gasteiger partial charge in [0.2, 0.25) is 0 Å². The Morgan fingerprint density at radius 3 is 2.68 bits per heavy atom. The zero-order valence-corrected chi connectivity index (χ0v) is 11.4. The summed E-state index contributed by atoms with van der Waals surface area (Å²) in [6.45, 7) is 1.51. The minimum atomic E-state index is -0.180. The van der Waals surface area contributed by atoms with Gasteiger partial charge in [0.15, 0.2) is 0 Å². The van der Waals surface area contributed by atoms with E-state index in [2.05, 4.69) is 4.90 Å². The minimum Gasteiger partial charge on any atom is -0.368 e. The highest BCUT2D eigenvalue weighted by atomic mass is 19.1.